The van der Waals surface area contributed by atoms with Crippen LogP contribution in [-0.2, 0) is 20.8 Å². The molecule has 0 radical (unpaired) electrons. The number of amides is 3. The second-order valence-corrected chi connectivity index (χ2v) is 9.16. The zero-order valence-corrected chi connectivity index (χ0v) is 19.1. The van der Waals surface area contributed by atoms with Gasteiger partial charge in [0.2, 0.25) is 11.8 Å². The molecule has 1 aliphatic rings. The monoisotopic (exact) mass is 444 g/mol. The highest BCUT2D eigenvalue weighted by Crippen LogP contribution is 2.32. The zero-order chi connectivity index (χ0) is 22.7. The molecule has 0 saturated carbocycles. The summed E-state index contributed by atoms with van der Waals surface area (Å²) in [6.07, 6.45) is 3.62. The van der Waals surface area contributed by atoms with Gasteiger partial charge in [-0.05, 0) is 38.4 Å². The van der Waals surface area contributed by atoms with Gasteiger partial charge in [0.15, 0.2) is 5.13 Å². The lowest BCUT2D eigenvalue weighted by atomic mass is 10.0. The molecule has 2 aromatic heterocycles. The number of nitrogens with zero attached hydrogens (tertiary/aromatic N) is 3. The average Bonchev–Trinajstić information content (AvgIpc) is 3.33. The standard InChI is InChI=1S/C21H28N6O3S/c1-11(2)16(25-18(28)13(4)22-5)20(30)27-15(9-14-7-6-8-23-17(14)27)19(29)26-21-24-10-12(3)31-21/h6-8,10-11,13,15-16,22H,9H2,1-5H3,(H,25,28)(H,24,26,29)/t13-,15-,16-/m0/s1. The molecule has 31 heavy (non-hydrogen) atoms. The van der Waals surface area contributed by atoms with Gasteiger partial charge in [0, 0.05) is 23.7 Å². The molecule has 3 N–H and O–H groups in total. The Morgan fingerprint density at radius 3 is 2.58 bits per heavy atom. The number of likely N-dealkylation sites (N-methyl/N-ethyl adjacent to an activating group) is 1. The number of rotatable bonds is 7. The van der Waals surface area contributed by atoms with Gasteiger partial charge in [-0.3, -0.25) is 19.3 Å². The molecule has 0 fully saturated rings. The Balaban J connectivity index is 1.89. The summed E-state index contributed by atoms with van der Waals surface area (Å²) in [6.45, 7) is 7.34. The third-order valence-electron chi connectivity index (χ3n) is 5.27. The molecule has 3 atom stereocenters. The van der Waals surface area contributed by atoms with E-state index in [1.54, 1.807) is 32.4 Å². The van der Waals surface area contributed by atoms with Gasteiger partial charge in [-0.25, -0.2) is 9.97 Å². The van der Waals surface area contributed by atoms with Crippen molar-refractivity contribution in [2.45, 2.75) is 52.2 Å². The fourth-order valence-corrected chi connectivity index (χ4v) is 4.06. The lowest BCUT2D eigenvalue weighted by Gasteiger charge is -2.30. The molecular formula is C21H28N6O3S. The Morgan fingerprint density at radius 2 is 1.97 bits per heavy atom. The largest absolute Gasteiger partial charge is 0.343 e. The van der Waals surface area contributed by atoms with Gasteiger partial charge >= 0.3 is 0 Å². The first kappa shape index (κ1) is 22.8. The van der Waals surface area contributed by atoms with Crippen molar-refractivity contribution < 1.29 is 14.4 Å². The molecule has 1 aliphatic heterocycles. The van der Waals surface area contributed by atoms with Crippen molar-refractivity contribution in [2.24, 2.45) is 5.92 Å². The SMILES string of the molecule is CN[C@@H](C)C(=O)N[C@H](C(=O)N1c2ncccc2C[C@H]1C(=O)Nc1ncc(C)s1)C(C)C. The molecule has 0 bridgehead atoms. The normalized spacial score (nSPS) is 17.2. The van der Waals surface area contributed by atoms with Crippen LogP contribution >= 0.6 is 11.3 Å². The van der Waals surface area contributed by atoms with Crippen molar-refractivity contribution in [3.8, 4) is 0 Å². The number of nitrogens with one attached hydrogen (secondary N) is 3. The second-order valence-electron chi connectivity index (χ2n) is 7.92. The van der Waals surface area contributed by atoms with E-state index in [9.17, 15) is 14.4 Å². The van der Waals surface area contributed by atoms with Crippen LogP contribution in [0.3, 0.4) is 0 Å². The Labute approximate surface area is 185 Å². The summed E-state index contributed by atoms with van der Waals surface area (Å²) < 4.78 is 0. The van der Waals surface area contributed by atoms with Gasteiger partial charge in [-0.1, -0.05) is 19.9 Å². The number of aromatic nitrogens is 2. The number of thiazole rings is 1. The summed E-state index contributed by atoms with van der Waals surface area (Å²) in [4.78, 5) is 50.1. The van der Waals surface area contributed by atoms with Crippen molar-refractivity contribution >= 4 is 40.0 Å². The summed E-state index contributed by atoms with van der Waals surface area (Å²) in [5.41, 5.74) is 0.809. The third kappa shape index (κ3) is 4.91. The van der Waals surface area contributed by atoms with Gasteiger partial charge in [0.25, 0.3) is 5.91 Å². The Hall–Kier alpha value is -2.85. The van der Waals surface area contributed by atoms with Crippen molar-refractivity contribution in [2.75, 3.05) is 17.3 Å². The Morgan fingerprint density at radius 1 is 1.23 bits per heavy atom. The predicted molar refractivity (Wildman–Crippen MR) is 120 cm³/mol. The topological polar surface area (TPSA) is 116 Å². The van der Waals surface area contributed by atoms with Crippen LogP contribution in [0.4, 0.5) is 10.9 Å². The van der Waals surface area contributed by atoms with Gasteiger partial charge in [0.1, 0.15) is 17.9 Å². The number of fused-ring (bicyclic) bond motifs is 1. The first-order valence-corrected chi connectivity index (χ1v) is 11.0. The van der Waals surface area contributed by atoms with Crippen molar-refractivity contribution in [3.05, 3.63) is 35.0 Å². The molecule has 3 amide bonds. The maximum absolute atomic E-state index is 13.6. The molecular weight excluding hydrogens is 416 g/mol. The van der Waals surface area contributed by atoms with Crippen molar-refractivity contribution in [1.82, 2.24) is 20.6 Å². The Kier molecular flexibility index (Phi) is 7.01. The quantitative estimate of drug-likeness (QED) is 0.596. The summed E-state index contributed by atoms with van der Waals surface area (Å²) in [6, 6.07) is 1.61. The molecule has 0 aromatic carbocycles. The van der Waals surface area contributed by atoms with Crippen LogP contribution in [0, 0.1) is 12.8 Å². The van der Waals surface area contributed by atoms with E-state index in [2.05, 4.69) is 25.9 Å². The third-order valence-corrected chi connectivity index (χ3v) is 6.10. The number of carbonyl (C=O) groups is 3. The molecule has 0 spiro atoms. The molecule has 10 heteroatoms. The maximum atomic E-state index is 13.6. The zero-order valence-electron chi connectivity index (χ0n) is 18.3. The minimum Gasteiger partial charge on any atom is -0.343 e. The van der Waals surface area contributed by atoms with E-state index in [-0.39, 0.29) is 23.6 Å². The van der Waals surface area contributed by atoms with Gasteiger partial charge in [-0.2, -0.15) is 0 Å². The molecule has 0 aliphatic carbocycles. The summed E-state index contributed by atoms with van der Waals surface area (Å²) >= 11 is 1.37. The minimum atomic E-state index is -0.798. The number of carbonyl (C=O) groups excluding carboxylic acids is 3. The van der Waals surface area contributed by atoms with Gasteiger partial charge in [0.05, 0.1) is 6.04 Å². The van der Waals surface area contributed by atoms with E-state index >= 15 is 0 Å². The number of hydrogen-bond acceptors (Lipinski definition) is 7. The first-order valence-electron chi connectivity index (χ1n) is 10.2. The van der Waals surface area contributed by atoms with Gasteiger partial charge in [-0.15, -0.1) is 11.3 Å². The highest BCUT2D eigenvalue weighted by molar-refractivity contribution is 7.15. The lowest BCUT2D eigenvalue weighted by Crippen LogP contribution is -2.57. The summed E-state index contributed by atoms with van der Waals surface area (Å²) in [7, 11) is 1.68. The fourth-order valence-electron chi connectivity index (χ4n) is 3.40. The molecule has 2 aromatic rings. The van der Waals surface area contributed by atoms with E-state index in [0.717, 1.165) is 10.4 Å². The molecule has 166 valence electrons. The van der Waals surface area contributed by atoms with Crippen LogP contribution in [0.25, 0.3) is 0 Å². The smallest absolute Gasteiger partial charge is 0.251 e. The van der Waals surface area contributed by atoms with E-state index in [1.807, 2.05) is 26.8 Å². The van der Waals surface area contributed by atoms with E-state index < -0.39 is 18.1 Å². The average molecular weight is 445 g/mol. The molecule has 0 unspecified atom stereocenters. The highest BCUT2D eigenvalue weighted by atomic mass is 32.1. The Bertz CT molecular complexity index is 976. The minimum absolute atomic E-state index is 0.182. The van der Waals surface area contributed by atoms with Crippen LogP contribution in [0.2, 0.25) is 0 Å². The highest BCUT2D eigenvalue weighted by Gasteiger charge is 2.43. The predicted octanol–water partition coefficient (Wildman–Crippen LogP) is 1.49. The molecule has 3 rings (SSSR count). The van der Waals surface area contributed by atoms with Crippen LogP contribution in [0.15, 0.2) is 24.5 Å². The molecule has 9 nitrogen and oxygen atoms in total. The van der Waals surface area contributed by atoms with E-state index in [1.165, 1.54) is 16.2 Å². The van der Waals surface area contributed by atoms with Crippen LogP contribution in [-0.4, -0.2) is 52.9 Å². The number of pyridine rings is 1. The second kappa shape index (κ2) is 9.52. The van der Waals surface area contributed by atoms with Crippen LogP contribution in [0.1, 0.15) is 31.2 Å². The summed E-state index contributed by atoms with van der Waals surface area (Å²) in [5, 5.41) is 8.99. The number of aryl methyl sites for hydroxylation is 1. The molecule has 3 heterocycles. The van der Waals surface area contributed by atoms with Crippen LogP contribution in [0.5, 0.6) is 0 Å². The maximum Gasteiger partial charge on any atom is 0.251 e. The van der Waals surface area contributed by atoms with Crippen molar-refractivity contribution in [1.29, 1.82) is 0 Å². The first-order chi connectivity index (χ1) is 14.7. The van der Waals surface area contributed by atoms with E-state index in [4.69, 9.17) is 0 Å². The number of anilines is 2. The van der Waals surface area contributed by atoms with E-state index in [0.29, 0.717) is 17.4 Å². The lowest BCUT2D eigenvalue weighted by molar-refractivity contribution is -0.130. The summed E-state index contributed by atoms with van der Waals surface area (Å²) in [5.74, 6) is -0.713. The van der Waals surface area contributed by atoms with Gasteiger partial charge < -0.3 is 16.0 Å². The van der Waals surface area contributed by atoms with Crippen molar-refractivity contribution in [3.63, 3.8) is 0 Å². The fraction of sp³-hybridized carbons (Fsp3) is 0.476. The number of hydrogen-bond donors (Lipinski definition) is 3. The van der Waals surface area contributed by atoms with Crippen LogP contribution < -0.4 is 20.9 Å². The molecule has 0 saturated heterocycles.